The van der Waals surface area contributed by atoms with E-state index in [4.69, 9.17) is 4.74 Å². The summed E-state index contributed by atoms with van der Waals surface area (Å²) in [5.41, 5.74) is -0.375. The van der Waals surface area contributed by atoms with Gasteiger partial charge in [0.05, 0.1) is 12.6 Å². The number of rotatable bonds is 2. The fraction of sp³-hybridized carbons (Fsp3) is 0.417. The van der Waals surface area contributed by atoms with Gasteiger partial charge >= 0.3 is 0 Å². The van der Waals surface area contributed by atoms with E-state index in [2.05, 4.69) is 41.6 Å². The van der Waals surface area contributed by atoms with Gasteiger partial charge < -0.3 is 4.74 Å². The minimum Gasteiger partial charge on any atom is -0.463 e. The highest BCUT2D eigenvalue weighted by Gasteiger charge is 2.33. The second-order valence-corrected chi connectivity index (χ2v) is 10.4. The first-order valence-corrected chi connectivity index (χ1v) is 10.1. The third kappa shape index (κ3) is 2.67. The molecule has 1 aromatic carbocycles. The summed E-state index contributed by atoms with van der Waals surface area (Å²) in [5, 5.41) is 0. The van der Waals surface area contributed by atoms with Crippen LogP contribution in [0.3, 0.4) is 0 Å². The first-order chi connectivity index (χ1) is 9.05. The number of fused-ring (bicyclic) bond motifs is 1. The summed E-state index contributed by atoms with van der Waals surface area (Å²) in [6, 6.07) is 8.78. The molecule has 0 radical (unpaired) electrons. The molecule has 102 valence electrons. The number of nitrogens with zero attached hydrogens (tertiary/aromatic N) is 2. The molecular weight excluding hydrogens is 299 g/mol. The summed E-state index contributed by atoms with van der Waals surface area (Å²) < 4.78 is 19.0. The number of aryl methyl sites for hydroxylation is 1. The molecule has 0 amide bonds. The van der Waals surface area contributed by atoms with Crippen LogP contribution >= 0.6 is 30.2 Å². The number of aliphatic imine (C=N–C) groups is 1. The first-order valence-electron chi connectivity index (χ1n) is 6.17. The Morgan fingerprint density at radius 1 is 1.37 bits per heavy atom. The van der Waals surface area contributed by atoms with E-state index >= 15 is 0 Å². The molecule has 7 heteroatoms. The Bertz CT molecular complexity index is 573. The SMILES string of the molecule is O=P(S)(S)N1CCO/C1=N\[C@H]1CCc2ccccc21. The van der Waals surface area contributed by atoms with Gasteiger partial charge in [-0.05, 0) is 24.0 Å². The molecule has 1 heterocycles. The van der Waals surface area contributed by atoms with Crippen LogP contribution in [0.5, 0.6) is 0 Å². The maximum atomic E-state index is 11.9. The van der Waals surface area contributed by atoms with Crippen molar-refractivity contribution in [3.8, 4) is 0 Å². The Kier molecular flexibility index (Phi) is 3.58. The van der Waals surface area contributed by atoms with Gasteiger partial charge in [-0.15, -0.1) is 0 Å². The molecule has 1 saturated heterocycles. The van der Waals surface area contributed by atoms with Gasteiger partial charge in [0.25, 0.3) is 11.7 Å². The van der Waals surface area contributed by atoms with Crippen molar-refractivity contribution >= 4 is 36.2 Å². The molecule has 0 aromatic heterocycles. The third-order valence-corrected chi connectivity index (χ3v) is 5.73. The van der Waals surface area contributed by atoms with E-state index in [0.29, 0.717) is 19.2 Å². The van der Waals surface area contributed by atoms with Crippen LogP contribution in [-0.2, 0) is 15.7 Å². The molecule has 0 spiro atoms. The van der Waals surface area contributed by atoms with E-state index in [-0.39, 0.29) is 6.04 Å². The maximum absolute atomic E-state index is 11.9. The molecule has 0 N–H and O–H groups in total. The Morgan fingerprint density at radius 2 is 2.16 bits per heavy atom. The lowest BCUT2D eigenvalue weighted by molar-refractivity contribution is 0.348. The molecule has 1 aliphatic carbocycles. The van der Waals surface area contributed by atoms with Crippen LogP contribution in [0, 0.1) is 0 Å². The number of amidine groups is 1. The molecule has 2 aliphatic rings. The predicted octanol–water partition coefficient (Wildman–Crippen LogP) is 3.33. The average Bonchev–Trinajstić information content (AvgIpc) is 2.97. The number of thiol groups is 2. The lowest BCUT2D eigenvalue weighted by Gasteiger charge is -2.19. The van der Waals surface area contributed by atoms with Gasteiger partial charge in [0.2, 0.25) is 0 Å². The zero-order chi connectivity index (χ0) is 13.5. The fourth-order valence-corrected chi connectivity index (χ4v) is 4.21. The Labute approximate surface area is 123 Å². The van der Waals surface area contributed by atoms with E-state index in [9.17, 15) is 4.57 Å². The van der Waals surface area contributed by atoms with Crippen LogP contribution in [0.2, 0.25) is 0 Å². The van der Waals surface area contributed by atoms with Crippen molar-refractivity contribution < 1.29 is 9.30 Å². The molecule has 4 nitrogen and oxygen atoms in total. The molecule has 0 unspecified atom stereocenters. The first kappa shape index (κ1) is 13.4. The summed E-state index contributed by atoms with van der Waals surface area (Å²) in [6.45, 7) is 1.01. The molecular formula is C12H15N2O2PS2. The normalized spacial score (nSPS) is 24.6. The minimum absolute atomic E-state index is 0.0833. The largest absolute Gasteiger partial charge is 0.463 e. The summed E-state index contributed by atoms with van der Waals surface area (Å²) in [5.74, 6) is 0. The second kappa shape index (κ2) is 5.08. The highest BCUT2D eigenvalue weighted by Crippen LogP contribution is 2.59. The van der Waals surface area contributed by atoms with Gasteiger partial charge in [0.1, 0.15) is 6.61 Å². The Hall–Kier alpha value is -0.580. The highest BCUT2D eigenvalue weighted by molar-refractivity contribution is 8.80. The summed E-state index contributed by atoms with van der Waals surface area (Å²) in [6.07, 6.45) is 1.99. The van der Waals surface area contributed by atoms with Crippen LogP contribution < -0.4 is 0 Å². The van der Waals surface area contributed by atoms with Crippen molar-refractivity contribution in [1.82, 2.24) is 4.67 Å². The predicted molar refractivity (Wildman–Crippen MR) is 83.2 cm³/mol. The summed E-state index contributed by atoms with van der Waals surface area (Å²) >= 11 is 8.09. The van der Waals surface area contributed by atoms with Crippen LogP contribution in [0.25, 0.3) is 0 Å². The van der Waals surface area contributed by atoms with Crippen LogP contribution in [0.4, 0.5) is 0 Å². The molecule has 1 aromatic rings. The smallest absolute Gasteiger partial charge is 0.294 e. The Balaban J connectivity index is 1.89. The monoisotopic (exact) mass is 314 g/mol. The molecule has 1 fully saturated rings. The van der Waals surface area contributed by atoms with Crippen molar-refractivity contribution in [2.75, 3.05) is 13.2 Å². The van der Waals surface area contributed by atoms with E-state index in [1.165, 1.54) is 11.1 Å². The molecule has 1 aliphatic heterocycles. The molecule has 1 atom stereocenters. The zero-order valence-corrected chi connectivity index (χ0v) is 13.0. The maximum Gasteiger partial charge on any atom is 0.294 e. The third-order valence-electron chi connectivity index (χ3n) is 3.44. The van der Waals surface area contributed by atoms with Gasteiger partial charge in [-0.3, -0.25) is 9.24 Å². The molecule has 0 saturated carbocycles. The number of hydrogen-bond acceptors (Lipinski definition) is 3. The lowest BCUT2D eigenvalue weighted by atomic mass is 10.1. The van der Waals surface area contributed by atoms with Crippen molar-refractivity contribution in [2.45, 2.75) is 18.9 Å². The fourth-order valence-electron chi connectivity index (χ4n) is 2.54. The number of benzene rings is 1. The zero-order valence-electron chi connectivity index (χ0n) is 10.3. The van der Waals surface area contributed by atoms with Gasteiger partial charge in [-0.1, -0.05) is 48.8 Å². The van der Waals surface area contributed by atoms with Crippen LogP contribution in [0.15, 0.2) is 29.3 Å². The molecule has 0 bridgehead atoms. The van der Waals surface area contributed by atoms with Gasteiger partial charge in [0.15, 0.2) is 0 Å². The van der Waals surface area contributed by atoms with Crippen molar-refractivity contribution in [3.63, 3.8) is 0 Å². The summed E-state index contributed by atoms with van der Waals surface area (Å²) in [4.78, 5) is 4.61. The van der Waals surface area contributed by atoms with E-state index in [0.717, 1.165) is 12.8 Å². The van der Waals surface area contributed by atoms with Gasteiger partial charge in [-0.25, -0.2) is 4.99 Å². The van der Waals surface area contributed by atoms with E-state index in [1.54, 1.807) is 4.67 Å². The van der Waals surface area contributed by atoms with Crippen molar-refractivity contribution in [1.29, 1.82) is 0 Å². The van der Waals surface area contributed by atoms with Gasteiger partial charge in [-0.2, -0.15) is 0 Å². The minimum atomic E-state index is -2.94. The number of hydrogen-bond donors (Lipinski definition) is 2. The van der Waals surface area contributed by atoms with E-state index in [1.807, 2.05) is 12.1 Å². The van der Waals surface area contributed by atoms with Crippen LogP contribution in [-0.4, -0.2) is 23.8 Å². The van der Waals surface area contributed by atoms with E-state index < -0.39 is 5.70 Å². The summed E-state index contributed by atoms with van der Waals surface area (Å²) in [7, 11) is 0. The topological polar surface area (TPSA) is 41.9 Å². The highest BCUT2D eigenvalue weighted by atomic mass is 33.1. The van der Waals surface area contributed by atoms with Crippen molar-refractivity contribution in [3.05, 3.63) is 35.4 Å². The number of ether oxygens (including phenoxy) is 1. The molecule has 3 rings (SSSR count). The standard InChI is InChI=1S/C12H15N2O2PS2/c15-17(18,19)14-7-8-16-12(14)13-11-6-5-9-3-1-2-4-10(9)11/h1-4,11H,5-8H2,(H2,15,18,19)/b13-12-/t11-/m0/s1. The lowest BCUT2D eigenvalue weighted by Crippen LogP contribution is -2.19. The average molecular weight is 314 g/mol. The molecule has 19 heavy (non-hydrogen) atoms. The Morgan fingerprint density at radius 3 is 2.95 bits per heavy atom. The van der Waals surface area contributed by atoms with Gasteiger partial charge in [0, 0.05) is 0 Å². The van der Waals surface area contributed by atoms with Crippen LogP contribution in [0.1, 0.15) is 23.6 Å². The van der Waals surface area contributed by atoms with Crippen molar-refractivity contribution in [2.24, 2.45) is 4.99 Å². The quantitative estimate of drug-likeness (QED) is 0.650. The second-order valence-electron chi connectivity index (χ2n) is 4.65.